The fourth-order valence-corrected chi connectivity index (χ4v) is 5.31. The maximum atomic E-state index is 13.3. The van der Waals surface area contributed by atoms with Gasteiger partial charge in [0.05, 0.1) is 6.61 Å². The minimum absolute atomic E-state index is 0. The number of hydrogen-bond donors (Lipinski definition) is 2. The van der Waals surface area contributed by atoms with E-state index in [1.54, 1.807) is 36.4 Å². The van der Waals surface area contributed by atoms with E-state index in [9.17, 15) is 14.7 Å². The molecule has 0 radical (unpaired) electrons. The van der Waals surface area contributed by atoms with E-state index < -0.39 is 17.9 Å². The fourth-order valence-electron chi connectivity index (χ4n) is 4.28. The zero-order chi connectivity index (χ0) is 29.5. The fraction of sp³-hybridized carbons (Fsp3) is 0.226. The third kappa shape index (κ3) is 8.39. The van der Waals surface area contributed by atoms with Crippen LogP contribution in [0.1, 0.15) is 33.7 Å². The standard InChI is InChI=1S/C31H28Cl3NO5S.Li.H/c1-18-5-3-4-6-22(18)24-15-19(7-12-23(24)30(36)35-25(31(37)38)13-14-41-2)16-39-17-26-27(33)28(34)29(40-26)20-8-10-21(32)11-9-20;;/h3-12,15,25H,13-14,16-17H2,1-2H3,(H,35,36)(H,37,38);;. The number of carbonyl (C=O) groups excluding carboxylic acids is 1. The van der Waals surface area contributed by atoms with E-state index in [2.05, 4.69) is 5.32 Å². The number of amides is 1. The van der Waals surface area contributed by atoms with Gasteiger partial charge in [-0.1, -0.05) is 65.1 Å². The Morgan fingerprint density at radius 2 is 1.69 bits per heavy atom. The summed E-state index contributed by atoms with van der Waals surface area (Å²) in [6.45, 7) is 2.24. The average molecular weight is 641 g/mol. The Balaban J connectivity index is 0.00000484. The molecule has 216 valence electrons. The number of furan rings is 1. The van der Waals surface area contributed by atoms with Gasteiger partial charge in [0, 0.05) is 16.1 Å². The van der Waals surface area contributed by atoms with Crippen molar-refractivity contribution in [3.05, 3.63) is 104 Å². The summed E-state index contributed by atoms with van der Waals surface area (Å²) in [7, 11) is 0. The number of ether oxygens (including phenoxy) is 1. The van der Waals surface area contributed by atoms with E-state index in [0.717, 1.165) is 22.3 Å². The van der Waals surface area contributed by atoms with Crippen molar-refractivity contribution in [1.82, 2.24) is 5.32 Å². The van der Waals surface area contributed by atoms with Crippen LogP contribution in [0.4, 0.5) is 0 Å². The molecule has 0 aliphatic carbocycles. The number of hydrogen-bond acceptors (Lipinski definition) is 5. The van der Waals surface area contributed by atoms with Gasteiger partial charge in [0.15, 0.2) is 11.5 Å². The van der Waals surface area contributed by atoms with Gasteiger partial charge < -0.3 is 19.6 Å². The van der Waals surface area contributed by atoms with Crippen molar-refractivity contribution in [1.29, 1.82) is 0 Å². The SMILES string of the molecule is CSCCC(NC(=O)c1ccc(COCc2oc(-c3ccc(Cl)cc3)c(Cl)c2Cl)cc1-c1ccccc1C)C(=O)O.[LiH]. The first-order valence-corrected chi connectivity index (χ1v) is 15.2. The van der Waals surface area contributed by atoms with Crippen molar-refractivity contribution < 1.29 is 23.8 Å². The van der Waals surface area contributed by atoms with Gasteiger partial charge in [0.25, 0.3) is 5.91 Å². The van der Waals surface area contributed by atoms with E-state index in [0.29, 0.717) is 44.9 Å². The first kappa shape index (κ1) is 34.2. The van der Waals surface area contributed by atoms with E-state index in [1.807, 2.05) is 43.5 Å². The van der Waals surface area contributed by atoms with Crippen LogP contribution in [-0.2, 0) is 22.7 Å². The van der Waals surface area contributed by atoms with Crippen molar-refractivity contribution in [3.63, 3.8) is 0 Å². The normalized spacial score (nSPS) is 11.5. The average Bonchev–Trinajstić information content (AvgIpc) is 3.24. The summed E-state index contributed by atoms with van der Waals surface area (Å²) in [6, 6.07) is 19.1. The molecule has 6 nitrogen and oxygen atoms in total. The van der Waals surface area contributed by atoms with Gasteiger partial charge in [0.2, 0.25) is 0 Å². The molecule has 1 unspecified atom stereocenters. The van der Waals surface area contributed by atoms with E-state index in [4.69, 9.17) is 44.0 Å². The molecule has 0 aliphatic heterocycles. The van der Waals surface area contributed by atoms with Crippen LogP contribution in [0.15, 0.2) is 71.1 Å². The quantitative estimate of drug-likeness (QED) is 0.153. The van der Waals surface area contributed by atoms with Gasteiger partial charge in [-0.15, -0.1) is 0 Å². The topological polar surface area (TPSA) is 88.8 Å². The zero-order valence-electron chi connectivity index (χ0n) is 22.4. The number of rotatable bonds is 12. The van der Waals surface area contributed by atoms with Gasteiger partial charge in [-0.3, -0.25) is 4.79 Å². The second-order valence-corrected chi connectivity index (χ2v) is 11.5. The Labute approximate surface area is 276 Å². The Morgan fingerprint density at radius 1 is 0.976 bits per heavy atom. The Hall–Kier alpha value is -2.34. The number of aryl methyl sites for hydroxylation is 1. The molecule has 42 heavy (non-hydrogen) atoms. The summed E-state index contributed by atoms with van der Waals surface area (Å²) in [6.07, 6.45) is 2.22. The van der Waals surface area contributed by atoms with Gasteiger partial charge >= 0.3 is 24.8 Å². The van der Waals surface area contributed by atoms with Crippen molar-refractivity contribution >= 4 is 77.3 Å². The second kappa shape index (κ2) is 15.9. The predicted octanol–water partition coefficient (Wildman–Crippen LogP) is 7.89. The number of nitrogens with one attached hydrogen (secondary N) is 1. The summed E-state index contributed by atoms with van der Waals surface area (Å²) >= 11 is 20.4. The Bertz CT molecular complexity index is 1540. The molecule has 4 rings (SSSR count). The van der Waals surface area contributed by atoms with Gasteiger partial charge in [-0.2, -0.15) is 11.8 Å². The van der Waals surface area contributed by atoms with Crippen LogP contribution in [-0.4, -0.2) is 53.9 Å². The van der Waals surface area contributed by atoms with Crippen molar-refractivity contribution in [2.75, 3.05) is 12.0 Å². The molecule has 1 heterocycles. The van der Waals surface area contributed by atoms with E-state index in [1.165, 1.54) is 11.8 Å². The maximum absolute atomic E-state index is 13.3. The van der Waals surface area contributed by atoms with Crippen LogP contribution >= 0.6 is 46.6 Å². The summed E-state index contributed by atoms with van der Waals surface area (Å²) in [5, 5.41) is 13.5. The predicted molar refractivity (Wildman–Crippen MR) is 173 cm³/mol. The van der Waals surface area contributed by atoms with Crippen molar-refractivity contribution in [2.24, 2.45) is 0 Å². The molecule has 2 N–H and O–H groups in total. The van der Waals surface area contributed by atoms with Crippen LogP contribution in [0.25, 0.3) is 22.5 Å². The number of carboxylic acid groups (broad SMARTS) is 1. The first-order chi connectivity index (χ1) is 19.7. The summed E-state index contributed by atoms with van der Waals surface area (Å²) in [5.41, 5.74) is 4.45. The molecule has 0 saturated heterocycles. The molecule has 0 aliphatic rings. The molecule has 1 amide bonds. The molecule has 4 aromatic rings. The number of thioether (sulfide) groups is 1. The summed E-state index contributed by atoms with van der Waals surface area (Å²) < 4.78 is 11.9. The van der Waals surface area contributed by atoms with E-state index >= 15 is 0 Å². The molecule has 0 saturated carbocycles. The van der Waals surface area contributed by atoms with Gasteiger partial charge in [-0.25, -0.2) is 4.79 Å². The number of halogens is 3. The molecule has 1 atom stereocenters. The summed E-state index contributed by atoms with van der Waals surface area (Å²) in [5.74, 6) is -0.0747. The molecule has 0 fully saturated rings. The van der Waals surface area contributed by atoms with Crippen LogP contribution in [0.5, 0.6) is 0 Å². The number of aliphatic carboxylic acids is 1. The molecular formula is C31H29Cl3LiNO5S. The third-order valence-corrected chi connectivity index (χ3v) is 8.20. The molecular weight excluding hydrogens is 612 g/mol. The molecule has 3 aromatic carbocycles. The van der Waals surface area contributed by atoms with Crippen molar-refractivity contribution in [3.8, 4) is 22.5 Å². The number of carbonyl (C=O) groups is 2. The van der Waals surface area contributed by atoms with E-state index in [-0.39, 0.29) is 37.1 Å². The summed E-state index contributed by atoms with van der Waals surface area (Å²) in [4.78, 5) is 25.0. The Morgan fingerprint density at radius 3 is 2.36 bits per heavy atom. The molecule has 0 spiro atoms. The van der Waals surface area contributed by atoms with Crippen LogP contribution in [0, 0.1) is 6.92 Å². The molecule has 11 heteroatoms. The minimum atomic E-state index is -1.06. The first-order valence-electron chi connectivity index (χ1n) is 12.7. The number of benzene rings is 3. The van der Waals surface area contributed by atoms with Crippen LogP contribution in [0.2, 0.25) is 15.1 Å². The molecule has 0 bridgehead atoms. The second-order valence-electron chi connectivity index (χ2n) is 9.32. The van der Waals surface area contributed by atoms with Crippen LogP contribution in [0.3, 0.4) is 0 Å². The third-order valence-electron chi connectivity index (χ3n) is 6.45. The number of carboxylic acids is 1. The Kier molecular flexibility index (Phi) is 13.0. The van der Waals surface area contributed by atoms with Gasteiger partial charge in [-0.05, 0) is 84.0 Å². The molecule has 1 aromatic heterocycles. The zero-order valence-corrected chi connectivity index (χ0v) is 25.5. The monoisotopic (exact) mass is 639 g/mol. The van der Waals surface area contributed by atoms with Crippen molar-refractivity contribution in [2.45, 2.75) is 32.6 Å². The van der Waals surface area contributed by atoms with Crippen LogP contribution < -0.4 is 5.32 Å². The van der Waals surface area contributed by atoms with Gasteiger partial charge in [0.1, 0.15) is 22.7 Å².